The van der Waals surface area contributed by atoms with Gasteiger partial charge in [-0.25, -0.2) is 0 Å². The molecule has 8 bridgehead atoms. The average Bonchev–Trinajstić information content (AvgIpc) is 3.85. The summed E-state index contributed by atoms with van der Waals surface area (Å²) in [5.41, 5.74) is 9.41. The van der Waals surface area contributed by atoms with E-state index in [1.54, 1.807) is 6.08 Å². The van der Waals surface area contributed by atoms with Gasteiger partial charge < -0.3 is 29.7 Å². The second-order valence-electron chi connectivity index (χ2n) is 13.0. The number of hydrogen-bond donors (Lipinski definition) is 0. The molecule has 1 aliphatic carbocycles. The van der Waals surface area contributed by atoms with Crippen LogP contribution in [0.2, 0.25) is 0 Å². The number of rotatable bonds is 9. The van der Waals surface area contributed by atoms with Crippen LogP contribution in [-0.2, 0) is 25.5 Å². The first-order chi connectivity index (χ1) is 23.5. The number of Topliss-reactive ketones (excluding diaryl/α,β-unsaturated/α-hetero) is 1. The Bertz CT molecular complexity index is 2100. The maximum Gasteiger partial charge on any atom is 2.00 e. The molecule has 2 aliphatic heterocycles. The molecule has 9 nitrogen and oxygen atoms in total. The van der Waals surface area contributed by atoms with E-state index in [-0.39, 0.29) is 59.7 Å². The smallest absolute Gasteiger partial charge is 0.664 e. The number of ether oxygens (including phenoxy) is 2. The number of aryl methyl sites for hydroxylation is 1. The molecule has 1 saturated heterocycles. The van der Waals surface area contributed by atoms with Gasteiger partial charge in [0.05, 0.1) is 7.11 Å². The Morgan fingerprint density at radius 1 is 1.02 bits per heavy atom. The SMILES string of the molecule is C=Cc1c2[n-]c(c1C)/C=C1\[N-]/C(=C3\c4[n-]c(c(C)c4C(=O)[C@@H]3C(=O)OC)/C=c3\[n-]/c(cc3CC)=C\2)[C@@H](CCC(=O)OC/C=C(\C)CC)[C@@H]1C.[Mg+2]. The van der Waals surface area contributed by atoms with Crippen molar-refractivity contribution in [3.05, 3.63) is 102 Å². The summed E-state index contributed by atoms with van der Waals surface area (Å²) in [7, 11) is 1.28. The molecule has 50 heavy (non-hydrogen) atoms. The van der Waals surface area contributed by atoms with E-state index in [1.165, 1.54) is 7.11 Å². The Morgan fingerprint density at radius 2 is 1.76 bits per heavy atom. The normalized spacial score (nSPS) is 23.1. The molecule has 3 atom stereocenters. The van der Waals surface area contributed by atoms with Crippen LogP contribution in [0.4, 0.5) is 0 Å². The second kappa shape index (κ2) is 14.9. The fourth-order valence-corrected chi connectivity index (χ4v) is 7.07. The Kier molecular flexibility index (Phi) is 11.0. The summed E-state index contributed by atoms with van der Waals surface area (Å²) < 4.78 is 10.7. The van der Waals surface area contributed by atoms with Gasteiger partial charge in [0.25, 0.3) is 0 Å². The van der Waals surface area contributed by atoms with Gasteiger partial charge in [-0.15, -0.1) is 33.5 Å². The molecule has 0 amide bonds. The van der Waals surface area contributed by atoms with Crippen molar-refractivity contribution in [1.29, 1.82) is 0 Å². The number of methoxy groups -OCH3 is 1. The molecular formula is C40H42MgN4O5-2. The molecular weight excluding hydrogens is 641 g/mol. The molecule has 6 rings (SSSR count). The molecule has 10 heteroatoms. The maximum absolute atomic E-state index is 14.1. The number of nitrogens with zero attached hydrogens (tertiary/aromatic N) is 4. The van der Waals surface area contributed by atoms with Gasteiger partial charge in [0, 0.05) is 12.0 Å². The van der Waals surface area contributed by atoms with E-state index in [1.807, 2.05) is 51.1 Å². The number of fused-ring (bicyclic) bond motifs is 7. The van der Waals surface area contributed by atoms with Crippen molar-refractivity contribution in [1.82, 2.24) is 15.0 Å². The summed E-state index contributed by atoms with van der Waals surface area (Å²) in [5.74, 6) is -3.04. The zero-order valence-electron chi connectivity index (χ0n) is 30.0. The second-order valence-corrected chi connectivity index (χ2v) is 13.0. The topological polar surface area (TPSA) is 126 Å². The molecule has 5 heterocycles. The van der Waals surface area contributed by atoms with Crippen LogP contribution in [0.15, 0.2) is 35.7 Å². The van der Waals surface area contributed by atoms with E-state index in [2.05, 4.69) is 27.4 Å². The third-order valence-electron chi connectivity index (χ3n) is 10.2. The molecule has 0 aromatic carbocycles. The molecule has 0 radical (unpaired) electrons. The van der Waals surface area contributed by atoms with Crippen molar-refractivity contribution < 1.29 is 23.9 Å². The van der Waals surface area contributed by atoms with E-state index < -0.39 is 11.9 Å². The summed E-state index contributed by atoms with van der Waals surface area (Å²) in [6, 6.07) is 2.05. The predicted octanol–water partition coefficient (Wildman–Crippen LogP) is 5.03. The molecule has 256 valence electrons. The van der Waals surface area contributed by atoms with Crippen molar-refractivity contribution in [2.75, 3.05) is 13.7 Å². The van der Waals surface area contributed by atoms with Crippen molar-refractivity contribution in [3.63, 3.8) is 0 Å². The van der Waals surface area contributed by atoms with Gasteiger partial charge in [0.1, 0.15) is 12.5 Å². The standard InChI is InChI=1S/C40H43N4O5.Mg/c1-9-20(4)14-15-49-33(45)13-12-27-22(6)29-18-28-21(5)26(11-3)32(42-28)17-25-16-24(10-2)31(41-25)19-30-23(7)34-38(44-30)35(37(27)43-29)36(39(34)46)40(47)48-8;/h11,14,16-19,22,27,36H,3,9-10,12-13,15H2,1-2,4-8H3,(H-,43,44,46);/q-3;+2/p-1/b20-14+,25-17-,29-18-,31-19-;/t22-,27-,36+;/m0./s1. The molecule has 0 saturated carbocycles. The first-order valence-corrected chi connectivity index (χ1v) is 16.9. The Morgan fingerprint density at radius 3 is 2.44 bits per heavy atom. The van der Waals surface area contributed by atoms with E-state index in [9.17, 15) is 14.4 Å². The minimum absolute atomic E-state index is 0. The first kappa shape index (κ1) is 37.0. The van der Waals surface area contributed by atoms with Gasteiger partial charge in [0.2, 0.25) is 0 Å². The molecule has 0 spiro atoms. The van der Waals surface area contributed by atoms with Gasteiger partial charge in [-0.1, -0.05) is 85.6 Å². The third-order valence-corrected chi connectivity index (χ3v) is 10.2. The summed E-state index contributed by atoms with van der Waals surface area (Å²) in [4.78, 5) is 55.4. The van der Waals surface area contributed by atoms with Gasteiger partial charge in [-0.3, -0.25) is 14.4 Å². The van der Waals surface area contributed by atoms with E-state index in [0.717, 1.165) is 62.9 Å². The summed E-state index contributed by atoms with van der Waals surface area (Å²) >= 11 is 0. The number of aromatic nitrogens is 3. The largest absolute Gasteiger partial charge is 2.00 e. The quantitative estimate of drug-likeness (QED) is 0.133. The minimum Gasteiger partial charge on any atom is -0.664 e. The van der Waals surface area contributed by atoms with Crippen LogP contribution >= 0.6 is 0 Å². The average molecular weight is 683 g/mol. The van der Waals surface area contributed by atoms with Crippen LogP contribution in [0, 0.1) is 31.6 Å². The Hall–Kier alpha value is -4.28. The Balaban J connectivity index is 0.00000486. The van der Waals surface area contributed by atoms with E-state index >= 15 is 0 Å². The fraction of sp³-hybridized carbons (Fsp3) is 0.375. The monoisotopic (exact) mass is 682 g/mol. The van der Waals surface area contributed by atoms with Crippen LogP contribution in [0.1, 0.15) is 102 Å². The molecule has 3 aromatic heterocycles. The van der Waals surface area contributed by atoms with E-state index in [0.29, 0.717) is 40.2 Å². The summed E-state index contributed by atoms with van der Waals surface area (Å²) in [6.45, 7) is 16.3. The van der Waals surface area contributed by atoms with Gasteiger partial charge in [-0.05, 0) is 63.5 Å². The van der Waals surface area contributed by atoms with Crippen LogP contribution < -0.4 is 25.7 Å². The molecule has 0 N–H and O–H groups in total. The summed E-state index contributed by atoms with van der Waals surface area (Å²) in [6.07, 6.45) is 11.7. The van der Waals surface area contributed by atoms with Crippen LogP contribution in [0.25, 0.3) is 35.2 Å². The summed E-state index contributed by atoms with van der Waals surface area (Å²) in [5, 5.41) is 6.68. The minimum atomic E-state index is -1.21. The number of esters is 2. The van der Waals surface area contributed by atoms with Crippen molar-refractivity contribution in [2.24, 2.45) is 17.8 Å². The maximum atomic E-state index is 14.1. The molecule has 3 aromatic rings. The zero-order chi connectivity index (χ0) is 35.1. The number of allylic oxidation sites excluding steroid dienone is 3. The van der Waals surface area contributed by atoms with Gasteiger partial charge >= 0.3 is 35.0 Å². The van der Waals surface area contributed by atoms with Crippen molar-refractivity contribution in [2.45, 2.75) is 67.2 Å². The first-order valence-electron chi connectivity index (χ1n) is 16.9. The van der Waals surface area contributed by atoms with Gasteiger partial charge in [0.15, 0.2) is 5.78 Å². The van der Waals surface area contributed by atoms with Gasteiger partial charge in [-0.2, -0.15) is 11.4 Å². The fourth-order valence-electron chi connectivity index (χ4n) is 7.07. The van der Waals surface area contributed by atoms with Crippen LogP contribution in [-0.4, -0.2) is 54.5 Å². The number of carbonyl (C=O) groups excluding carboxylic acids is 3. The van der Waals surface area contributed by atoms with Crippen molar-refractivity contribution in [3.8, 4) is 0 Å². The molecule has 0 unspecified atom stereocenters. The molecule has 3 aliphatic rings. The zero-order valence-corrected chi connectivity index (χ0v) is 31.4. The van der Waals surface area contributed by atoms with E-state index in [4.69, 9.17) is 29.7 Å². The molecule has 1 fully saturated rings. The third kappa shape index (κ3) is 6.51. The number of hydrogen-bond acceptors (Lipinski definition) is 5. The predicted molar refractivity (Wildman–Crippen MR) is 195 cm³/mol. The number of carbonyl (C=O) groups is 3. The Labute approximate surface area is 309 Å². The van der Waals surface area contributed by atoms with Crippen LogP contribution in [0.3, 0.4) is 0 Å². The van der Waals surface area contributed by atoms with Crippen molar-refractivity contribution >= 4 is 70.7 Å². The van der Waals surface area contributed by atoms with Crippen LogP contribution in [0.5, 0.6) is 0 Å². The number of ketones is 1.